The Hall–Kier alpha value is -3.13. The summed E-state index contributed by atoms with van der Waals surface area (Å²) in [6.45, 7) is 3.49. The lowest BCUT2D eigenvalue weighted by Crippen LogP contribution is -2.47. The monoisotopic (exact) mass is 441 g/mol. The number of fused-ring (bicyclic) bond motifs is 4. The molecule has 0 saturated carbocycles. The van der Waals surface area contributed by atoms with E-state index in [-0.39, 0.29) is 5.56 Å². The minimum absolute atomic E-state index is 0.0912. The van der Waals surface area contributed by atoms with Crippen LogP contribution >= 0.6 is 11.6 Å². The predicted molar refractivity (Wildman–Crippen MR) is 128 cm³/mol. The molecule has 2 aromatic carbocycles. The molecular weight excluding hydrogens is 418 g/mol. The fourth-order valence-corrected chi connectivity index (χ4v) is 5.30. The van der Waals surface area contributed by atoms with E-state index in [1.165, 1.54) is 0 Å². The van der Waals surface area contributed by atoms with E-state index in [1.54, 1.807) is 6.07 Å². The number of hydrogen-bond donors (Lipinski definition) is 0. The van der Waals surface area contributed by atoms with Gasteiger partial charge in [0.15, 0.2) is 0 Å². The van der Waals surface area contributed by atoms with Gasteiger partial charge in [-0.15, -0.1) is 0 Å². The Morgan fingerprint density at radius 1 is 1.03 bits per heavy atom. The van der Waals surface area contributed by atoms with Gasteiger partial charge in [-0.3, -0.25) is 9.69 Å². The van der Waals surface area contributed by atoms with Crippen LogP contribution in [0.2, 0.25) is 5.02 Å². The number of nitriles is 1. The standard InChI is InChI=1S/C27H24ClN3O/c28-25-9-5-19(6-10-25)4-7-23-8-11-26(32)31-17-22-13-24(27(23)31)18-30(16-22)15-21-3-1-2-20(12-21)14-29/h1-12,22,24H,13,15-18H2. The molecule has 0 N–H and O–H groups in total. The van der Waals surface area contributed by atoms with Gasteiger partial charge < -0.3 is 4.57 Å². The minimum atomic E-state index is 0.0912. The molecule has 2 atom stereocenters. The molecule has 0 spiro atoms. The smallest absolute Gasteiger partial charge is 0.250 e. The molecule has 2 aliphatic rings. The van der Waals surface area contributed by atoms with Crippen molar-refractivity contribution in [3.05, 3.63) is 104 Å². The summed E-state index contributed by atoms with van der Waals surface area (Å²) in [7, 11) is 0. The first-order valence-electron chi connectivity index (χ1n) is 11.0. The zero-order valence-electron chi connectivity index (χ0n) is 17.7. The van der Waals surface area contributed by atoms with Crippen LogP contribution in [0.5, 0.6) is 0 Å². The number of aromatic nitrogens is 1. The van der Waals surface area contributed by atoms with Crippen LogP contribution in [-0.2, 0) is 13.1 Å². The molecule has 32 heavy (non-hydrogen) atoms. The fraction of sp³-hybridized carbons (Fsp3) is 0.259. The number of pyridine rings is 1. The first-order valence-corrected chi connectivity index (χ1v) is 11.4. The zero-order chi connectivity index (χ0) is 22.1. The molecule has 160 valence electrons. The van der Waals surface area contributed by atoms with E-state index in [0.717, 1.165) is 60.0 Å². The van der Waals surface area contributed by atoms with E-state index in [0.29, 0.717) is 17.4 Å². The number of halogens is 1. The van der Waals surface area contributed by atoms with Crippen molar-refractivity contribution in [3.63, 3.8) is 0 Å². The van der Waals surface area contributed by atoms with Gasteiger partial charge in [0.1, 0.15) is 0 Å². The Labute approximate surface area is 193 Å². The number of likely N-dealkylation sites (tertiary alicyclic amines) is 1. The molecule has 1 fully saturated rings. The third-order valence-electron chi connectivity index (χ3n) is 6.49. The molecule has 3 aromatic rings. The maximum atomic E-state index is 12.7. The Kier molecular flexibility index (Phi) is 5.70. The summed E-state index contributed by atoms with van der Waals surface area (Å²) in [5.74, 6) is 0.786. The number of piperidine rings is 1. The second-order valence-electron chi connectivity index (χ2n) is 8.81. The average Bonchev–Trinajstić information content (AvgIpc) is 2.80. The molecule has 2 unspecified atom stereocenters. The second-order valence-corrected chi connectivity index (χ2v) is 9.25. The Morgan fingerprint density at radius 3 is 2.69 bits per heavy atom. The summed E-state index contributed by atoms with van der Waals surface area (Å²) in [4.78, 5) is 15.2. The fourth-order valence-electron chi connectivity index (χ4n) is 5.17. The first kappa shape index (κ1) is 20.8. The van der Waals surface area contributed by atoms with Crippen LogP contribution in [0.25, 0.3) is 12.2 Å². The molecule has 3 heterocycles. The maximum absolute atomic E-state index is 12.7. The summed E-state index contributed by atoms with van der Waals surface area (Å²) < 4.78 is 1.99. The zero-order valence-corrected chi connectivity index (χ0v) is 18.5. The quantitative estimate of drug-likeness (QED) is 0.561. The number of benzene rings is 2. The first-order chi connectivity index (χ1) is 15.6. The molecule has 2 bridgehead atoms. The summed E-state index contributed by atoms with van der Waals surface area (Å²) in [6, 6.07) is 21.5. The van der Waals surface area contributed by atoms with Gasteiger partial charge in [0.2, 0.25) is 0 Å². The van der Waals surface area contributed by atoms with Crippen LogP contribution in [-0.4, -0.2) is 22.6 Å². The van der Waals surface area contributed by atoms with E-state index in [9.17, 15) is 10.1 Å². The molecule has 0 amide bonds. The van der Waals surface area contributed by atoms with Crippen molar-refractivity contribution in [2.45, 2.75) is 25.4 Å². The summed E-state index contributed by atoms with van der Waals surface area (Å²) in [5, 5.41) is 9.92. The van der Waals surface area contributed by atoms with Crippen molar-refractivity contribution >= 4 is 23.8 Å². The third-order valence-corrected chi connectivity index (χ3v) is 6.74. The van der Waals surface area contributed by atoms with Gasteiger partial charge in [0.05, 0.1) is 11.6 Å². The molecule has 5 heteroatoms. The average molecular weight is 442 g/mol. The molecule has 4 nitrogen and oxygen atoms in total. The molecule has 1 aromatic heterocycles. The molecular formula is C27H24ClN3O. The molecule has 0 radical (unpaired) electrons. The Bertz CT molecular complexity index is 1270. The number of nitrogens with zero attached hydrogens (tertiary/aromatic N) is 3. The predicted octanol–water partition coefficient (Wildman–Crippen LogP) is 5.16. The van der Waals surface area contributed by atoms with Crippen LogP contribution in [0.15, 0.2) is 65.5 Å². The number of rotatable bonds is 4. The van der Waals surface area contributed by atoms with Crippen LogP contribution in [0.4, 0.5) is 0 Å². The lowest BCUT2D eigenvalue weighted by atomic mass is 9.81. The Morgan fingerprint density at radius 2 is 1.88 bits per heavy atom. The van der Waals surface area contributed by atoms with Gasteiger partial charge in [0.25, 0.3) is 5.56 Å². The van der Waals surface area contributed by atoms with Crippen LogP contribution in [0.3, 0.4) is 0 Å². The van der Waals surface area contributed by atoms with Crippen LogP contribution < -0.4 is 5.56 Å². The van der Waals surface area contributed by atoms with Gasteiger partial charge >= 0.3 is 0 Å². The molecule has 2 aliphatic heterocycles. The third kappa shape index (κ3) is 4.27. The van der Waals surface area contributed by atoms with Crippen molar-refractivity contribution in [3.8, 4) is 6.07 Å². The van der Waals surface area contributed by atoms with Gasteiger partial charge in [-0.2, -0.15) is 5.26 Å². The lowest BCUT2D eigenvalue weighted by Gasteiger charge is -2.43. The topological polar surface area (TPSA) is 49.0 Å². The van der Waals surface area contributed by atoms with Crippen molar-refractivity contribution in [1.82, 2.24) is 9.47 Å². The van der Waals surface area contributed by atoms with E-state index in [4.69, 9.17) is 11.6 Å². The SMILES string of the molecule is N#Cc1cccc(CN2CC3CC(C2)c2c(C=Cc4ccc(Cl)cc4)ccc(=O)n2C3)c1. The van der Waals surface area contributed by atoms with Crippen LogP contribution in [0.1, 0.15) is 40.3 Å². The number of hydrogen-bond acceptors (Lipinski definition) is 3. The Balaban J connectivity index is 1.43. The van der Waals surface area contributed by atoms with Crippen molar-refractivity contribution < 1.29 is 0 Å². The van der Waals surface area contributed by atoms with E-state index >= 15 is 0 Å². The summed E-state index contributed by atoms with van der Waals surface area (Å²) >= 11 is 6.00. The van der Waals surface area contributed by atoms with E-state index < -0.39 is 0 Å². The van der Waals surface area contributed by atoms with Gasteiger partial charge in [0, 0.05) is 48.9 Å². The molecule has 0 aliphatic carbocycles. The van der Waals surface area contributed by atoms with E-state index in [2.05, 4.69) is 29.2 Å². The van der Waals surface area contributed by atoms with E-state index in [1.807, 2.05) is 53.1 Å². The highest BCUT2D eigenvalue weighted by Gasteiger charge is 2.35. The van der Waals surface area contributed by atoms with Crippen molar-refractivity contribution in [2.75, 3.05) is 13.1 Å². The second kappa shape index (κ2) is 8.78. The van der Waals surface area contributed by atoms with Gasteiger partial charge in [-0.25, -0.2) is 0 Å². The highest BCUT2D eigenvalue weighted by molar-refractivity contribution is 6.30. The highest BCUT2D eigenvalue weighted by Crippen LogP contribution is 2.37. The normalized spacial score (nSPS) is 20.1. The summed E-state index contributed by atoms with van der Waals surface area (Å²) in [6.07, 6.45) is 5.31. The van der Waals surface area contributed by atoms with Crippen molar-refractivity contribution in [1.29, 1.82) is 5.26 Å². The maximum Gasteiger partial charge on any atom is 0.250 e. The summed E-state index contributed by atoms with van der Waals surface area (Å²) in [5.41, 5.74) is 5.29. The largest absolute Gasteiger partial charge is 0.311 e. The lowest BCUT2D eigenvalue weighted by molar-refractivity contribution is 0.114. The van der Waals surface area contributed by atoms with Gasteiger partial charge in [-0.05, 0) is 59.4 Å². The highest BCUT2D eigenvalue weighted by atomic mass is 35.5. The van der Waals surface area contributed by atoms with Crippen molar-refractivity contribution in [2.24, 2.45) is 5.92 Å². The minimum Gasteiger partial charge on any atom is -0.311 e. The van der Waals surface area contributed by atoms with Crippen LogP contribution in [0, 0.1) is 17.2 Å². The van der Waals surface area contributed by atoms with Gasteiger partial charge in [-0.1, -0.05) is 48.0 Å². The molecule has 1 saturated heterocycles. The molecule has 5 rings (SSSR count).